The summed E-state index contributed by atoms with van der Waals surface area (Å²) in [6, 6.07) is 3.60. The molecule has 1 aliphatic rings. The third kappa shape index (κ3) is 2.73. The van der Waals surface area contributed by atoms with Crippen LogP contribution in [0.25, 0.3) is 22.4 Å². The predicted octanol–water partition coefficient (Wildman–Crippen LogP) is 4.45. The quantitative estimate of drug-likeness (QED) is 0.695. The first-order valence-corrected chi connectivity index (χ1v) is 9.16. The zero-order valence-electron chi connectivity index (χ0n) is 15.6. The fraction of sp³-hybridized carbons (Fsp3) is 0.450. The Morgan fingerprint density at radius 3 is 2.69 bits per heavy atom. The Labute approximate surface area is 152 Å². The number of aryl methyl sites for hydroxylation is 3. The first-order chi connectivity index (χ1) is 12.5. The number of anilines is 1. The Hall–Kier alpha value is -2.50. The maximum atomic E-state index is 14.8. The summed E-state index contributed by atoms with van der Waals surface area (Å²) in [6.45, 7) is 9.81. The molecule has 0 saturated carbocycles. The summed E-state index contributed by atoms with van der Waals surface area (Å²) in [5.41, 5.74) is 3.12. The molecule has 3 aromatic rings. The van der Waals surface area contributed by atoms with Gasteiger partial charge in [0.1, 0.15) is 17.2 Å². The van der Waals surface area contributed by atoms with Crippen LogP contribution in [0.3, 0.4) is 0 Å². The molecule has 1 aromatic carbocycles. The van der Waals surface area contributed by atoms with E-state index in [4.69, 9.17) is 9.51 Å². The van der Waals surface area contributed by atoms with Gasteiger partial charge in [-0.1, -0.05) is 19.0 Å². The summed E-state index contributed by atoms with van der Waals surface area (Å²) in [7, 11) is 0. The highest BCUT2D eigenvalue weighted by Gasteiger charge is 2.28. The van der Waals surface area contributed by atoms with E-state index in [2.05, 4.69) is 22.0 Å². The largest absolute Gasteiger partial charge is 0.356 e. The highest BCUT2D eigenvalue weighted by Crippen LogP contribution is 2.38. The van der Waals surface area contributed by atoms with E-state index in [1.165, 1.54) is 0 Å². The molecule has 136 valence electrons. The topological polar surface area (TPSA) is 55.1 Å². The van der Waals surface area contributed by atoms with Crippen LogP contribution in [0.4, 0.5) is 10.2 Å². The van der Waals surface area contributed by atoms with Gasteiger partial charge in [-0.3, -0.25) is 0 Å². The Bertz CT molecular complexity index is 982. The SMILES string of the molecule is CCc1cc(F)c2nc(N3CC[C@@H](C)C3)c(-c3nc(C)no3)c(C)c2c1. The number of hydrogen-bond acceptors (Lipinski definition) is 5. The van der Waals surface area contributed by atoms with Crippen LogP contribution >= 0.6 is 0 Å². The van der Waals surface area contributed by atoms with Gasteiger partial charge >= 0.3 is 0 Å². The monoisotopic (exact) mass is 354 g/mol. The summed E-state index contributed by atoms with van der Waals surface area (Å²) in [5, 5.41) is 4.75. The average Bonchev–Trinajstić information content (AvgIpc) is 3.23. The number of pyridine rings is 1. The predicted molar refractivity (Wildman–Crippen MR) is 99.8 cm³/mol. The molecular weight excluding hydrogens is 331 g/mol. The molecule has 0 N–H and O–H groups in total. The molecule has 2 aromatic heterocycles. The molecule has 1 atom stereocenters. The van der Waals surface area contributed by atoms with E-state index in [9.17, 15) is 4.39 Å². The van der Waals surface area contributed by atoms with E-state index in [0.29, 0.717) is 23.1 Å². The second-order valence-corrected chi connectivity index (χ2v) is 7.25. The lowest BCUT2D eigenvalue weighted by Gasteiger charge is -2.22. The van der Waals surface area contributed by atoms with Crippen LogP contribution in [-0.2, 0) is 6.42 Å². The lowest BCUT2D eigenvalue weighted by molar-refractivity contribution is 0.425. The first kappa shape index (κ1) is 16.9. The smallest absolute Gasteiger partial charge is 0.261 e. The minimum Gasteiger partial charge on any atom is -0.356 e. The van der Waals surface area contributed by atoms with E-state index < -0.39 is 0 Å². The van der Waals surface area contributed by atoms with Crippen molar-refractivity contribution in [1.29, 1.82) is 0 Å². The fourth-order valence-corrected chi connectivity index (χ4v) is 3.73. The van der Waals surface area contributed by atoms with Gasteiger partial charge in [0, 0.05) is 18.5 Å². The zero-order valence-corrected chi connectivity index (χ0v) is 15.6. The highest BCUT2D eigenvalue weighted by molar-refractivity contribution is 5.93. The van der Waals surface area contributed by atoms with E-state index in [-0.39, 0.29) is 5.82 Å². The lowest BCUT2D eigenvalue weighted by atomic mass is 10.00. The fourth-order valence-electron chi connectivity index (χ4n) is 3.73. The zero-order chi connectivity index (χ0) is 18.4. The molecule has 1 aliphatic heterocycles. The standard InChI is InChI=1S/C20H23FN4O/c1-5-14-8-15-12(3)17(20-22-13(4)24-26-20)19(23-18(15)16(21)9-14)25-7-6-11(2)10-25/h8-9,11H,5-7,10H2,1-4H3/t11-/m1/s1. The maximum absolute atomic E-state index is 14.8. The van der Waals surface area contributed by atoms with Crippen LogP contribution in [0.1, 0.15) is 37.2 Å². The summed E-state index contributed by atoms with van der Waals surface area (Å²) in [4.78, 5) is 11.4. The molecule has 5 nitrogen and oxygen atoms in total. The number of benzene rings is 1. The molecule has 26 heavy (non-hydrogen) atoms. The van der Waals surface area contributed by atoms with Crippen molar-refractivity contribution < 1.29 is 8.91 Å². The Morgan fingerprint density at radius 2 is 2.08 bits per heavy atom. The highest BCUT2D eigenvalue weighted by atomic mass is 19.1. The van der Waals surface area contributed by atoms with Crippen molar-refractivity contribution >= 4 is 16.7 Å². The summed E-state index contributed by atoms with van der Waals surface area (Å²) >= 11 is 0. The van der Waals surface area contributed by atoms with E-state index in [1.807, 2.05) is 19.9 Å². The van der Waals surface area contributed by atoms with Crippen molar-refractivity contribution in [2.45, 2.75) is 40.5 Å². The number of nitrogens with zero attached hydrogens (tertiary/aromatic N) is 4. The van der Waals surface area contributed by atoms with E-state index in [1.54, 1.807) is 13.0 Å². The van der Waals surface area contributed by atoms with Gasteiger partial charge in [0.15, 0.2) is 5.82 Å². The normalized spacial score (nSPS) is 17.4. The summed E-state index contributed by atoms with van der Waals surface area (Å²) in [6.07, 6.45) is 1.87. The van der Waals surface area contributed by atoms with Gasteiger partial charge in [-0.05, 0) is 55.9 Å². The third-order valence-electron chi connectivity index (χ3n) is 5.22. The lowest BCUT2D eigenvalue weighted by Crippen LogP contribution is -2.22. The van der Waals surface area contributed by atoms with Crippen molar-refractivity contribution in [2.75, 3.05) is 18.0 Å². The van der Waals surface area contributed by atoms with Gasteiger partial charge in [-0.15, -0.1) is 0 Å². The van der Waals surface area contributed by atoms with E-state index >= 15 is 0 Å². The maximum Gasteiger partial charge on any atom is 0.261 e. The molecular formula is C20H23FN4O. The molecule has 0 aliphatic carbocycles. The molecule has 0 spiro atoms. The van der Waals surface area contributed by atoms with Crippen molar-refractivity contribution in [2.24, 2.45) is 5.92 Å². The third-order valence-corrected chi connectivity index (χ3v) is 5.22. The molecule has 1 fully saturated rings. The molecule has 0 unspecified atom stereocenters. The van der Waals surface area contributed by atoms with Gasteiger partial charge in [-0.2, -0.15) is 4.98 Å². The number of halogens is 1. The number of fused-ring (bicyclic) bond motifs is 1. The molecule has 6 heteroatoms. The van der Waals surface area contributed by atoms with Gasteiger partial charge in [0.2, 0.25) is 0 Å². The first-order valence-electron chi connectivity index (χ1n) is 9.16. The number of aromatic nitrogens is 3. The molecule has 4 rings (SSSR count). The number of hydrogen-bond donors (Lipinski definition) is 0. The molecule has 0 bridgehead atoms. The van der Waals surface area contributed by atoms with Gasteiger partial charge in [0.05, 0.1) is 5.56 Å². The van der Waals surface area contributed by atoms with Crippen LogP contribution in [0.5, 0.6) is 0 Å². The van der Waals surface area contributed by atoms with Crippen molar-refractivity contribution in [1.82, 2.24) is 15.1 Å². The van der Waals surface area contributed by atoms with Crippen molar-refractivity contribution in [3.8, 4) is 11.5 Å². The van der Waals surface area contributed by atoms with Gasteiger partial charge in [0.25, 0.3) is 5.89 Å². The molecule has 3 heterocycles. The minimum atomic E-state index is -0.274. The second-order valence-electron chi connectivity index (χ2n) is 7.25. The van der Waals surface area contributed by atoms with Crippen LogP contribution in [0, 0.1) is 25.6 Å². The Balaban J connectivity index is 2.02. The van der Waals surface area contributed by atoms with Crippen molar-refractivity contribution in [3.05, 3.63) is 34.9 Å². The van der Waals surface area contributed by atoms with Crippen LogP contribution < -0.4 is 4.90 Å². The minimum absolute atomic E-state index is 0.274. The Morgan fingerprint density at radius 1 is 1.27 bits per heavy atom. The number of rotatable bonds is 3. The van der Waals surface area contributed by atoms with Crippen LogP contribution in [0.15, 0.2) is 16.7 Å². The van der Waals surface area contributed by atoms with E-state index in [0.717, 1.165) is 53.8 Å². The summed E-state index contributed by atoms with van der Waals surface area (Å²) < 4.78 is 20.2. The van der Waals surface area contributed by atoms with Crippen LogP contribution in [-0.4, -0.2) is 28.2 Å². The van der Waals surface area contributed by atoms with Crippen LogP contribution in [0.2, 0.25) is 0 Å². The average molecular weight is 354 g/mol. The second kappa shape index (κ2) is 6.34. The Kier molecular flexibility index (Phi) is 4.13. The molecule has 1 saturated heterocycles. The van der Waals surface area contributed by atoms with Gasteiger partial charge < -0.3 is 9.42 Å². The van der Waals surface area contributed by atoms with Crippen molar-refractivity contribution in [3.63, 3.8) is 0 Å². The van der Waals surface area contributed by atoms with Gasteiger partial charge in [-0.25, -0.2) is 9.37 Å². The molecule has 0 amide bonds. The molecule has 0 radical (unpaired) electrons. The summed E-state index contributed by atoms with van der Waals surface area (Å²) in [5.74, 6) is 2.08.